The average Bonchev–Trinajstić information content (AvgIpc) is 3.25. The molecule has 356 valence electrons. The van der Waals surface area contributed by atoms with Crippen LogP contribution in [0.3, 0.4) is 0 Å². The van der Waals surface area contributed by atoms with Crippen molar-refractivity contribution in [3.63, 3.8) is 0 Å². The Kier molecular flexibility index (Phi) is 53.4. The maximum atomic E-state index is 8.61. The van der Waals surface area contributed by atoms with Crippen molar-refractivity contribution in [3.8, 4) is 0 Å². The molecule has 0 aromatic rings. The van der Waals surface area contributed by atoms with Crippen molar-refractivity contribution in [3.05, 3.63) is 0 Å². The lowest BCUT2D eigenvalue weighted by molar-refractivity contribution is -0.0238. The van der Waals surface area contributed by atoms with Gasteiger partial charge in [-0.05, 0) is 12.8 Å². The highest BCUT2D eigenvalue weighted by Crippen LogP contribution is 2.23. The summed E-state index contributed by atoms with van der Waals surface area (Å²) in [6.07, 6.45) is 2.05. The molecule has 0 fully saturated rings. The van der Waals surface area contributed by atoms with Crippen LogP contribution in [0.4, 0.5) is 0 Å². The van der Waals surface area contributed by atoms with E-state index in [0.29, 0.717) is 222 Å². The van der Waals surface area contributed by atoms with Gasteiger partial charge in [-0.3, -0.25) is 0 Å². The second-order valence-corrected chi connectivity index (χ2v) is 14.0. The molecule has 0 aliphatic rings. The van der Waals surface area contributed by atoms with Crippen molar-refractivity contribution in [2.75, 3.05) is 225 Å². The number of ether oxygens (including phenoxy) is 16. The summed E-state index contributed by atoms with van der Waals surface area (Å²) in [6, 6.07) is 0. The van der Waals surface area contributed by atoms with E-state index >= 15 is 0 Å². The highest BCUT2D eigenvalue weighted by atomic mass is 32.2. The molecule has 2 unspecified atom stereocenters. The molecule has 0 amide bonds. The average molecular weight is 883 g/mol. The molecule has 19 heteroatoms. The molecule has 0 saturated carbocycles. The minimum atomic E-state index is 0.0222. The van der Waals surface area contributed by atoms with E-state index in [1.165, 1.54) is 0 Å². The summed E-state index contributed by atoms with van der Waals surface area (Å²) >= 11 is 1.93. The van der Waals surface area contributed by atoms with Gasteiger partial charge in [-0.15, -0.1) is 0 Å². The Morgan fingerprint density at radius 3 is 0.559 bits per heavy atom. The van der Waals surface area contributed by atoms with Gasteiger partial charge in [-0.25, -0.2) is 0 Å². The molecule has 0 rings (SSSR count). The molecule has 0 radical (unpaired) electrons. The normalized spacial score (nSPS) is 12.8. The zero-order chi connectivity index (χ0) is 42.6. The van der Waals surface area contributed by atoms with Gasteiger partial charge >= 0.3 is 0 Å². The van der Waals surface area contributed by atoms with E-state index in [0.717, 1.165) is 12.8 Å². The number of rotatable bonds is 54. The summed E-state index contributed by atoms with van der Waals surface area (Å²) < 4.78 is 87.9. The van der Waals surface area contributed by atoms with Crippen LogP contribution in [0, 0.1) is 0 Å². The molecule has 0 heterocycles. The minimum Gasteiger partial charge on any atom is -0.394 e. The first-order valence-corrected chi connectivity index (χ1v) is 22.3. The summed E-state index contributed by atoms with van der Waals surface area (Å²) in [5.74, 6) is 0. The number of thioether (sulfide) groups is 1. The summed E-state index contributed by atoms with van der Waals surface area (Å²) in [4.78, 5) is 0. The maximum absolute atomic E-state index is 8.61. The predicted molar refractivity (Wildman–Crippen MR) is 223 cm³/mol. The summed E-state index contributed by atoms with van der Waals surface area (Å²) in [5, 5.41) is 18.0. The second-order valence-electron chi connectivity index (χ2n) is 12.4. The molecule has 0 saturated heterocycles. The number of hydrogen-bond donors (Lipinski definition) is 2. The summed E-state index contributed by atoms with van der Waals surface area (Å²) in [7, 11) is 0. The Balaban J connectivity index is 3.39. The van der Waals surface area contributed by atoms with Crippen LogP contribution in [0.25, 0.3) is 0 Å². The van der Waals surface area contributed by atoms with Crippen LogP contribution >= 0.6 is 11.8 Å². The van der Waals surface area contributed by atoms with Gasteiger partial charge in [-0.2, -0.15) is 11.8 Å². The predicted octanol–water partition coefficient (Wildman–Crippen LogP) is 1.53. The molecule has 18 nitrogen and oxygen atoms in total. The van der Waals surface area contributed by atoms with Gasteiger partial charge in [0.2, 0.25) is 0 Å². The van der Waals surface area contributed by atoms with Gasteiger partial charge in [0, 0.05) is 10.5 Å². The molecule has 0 aliphatic carbocycles. The van der Waals surface area contributed by atoms with Gasteiger partial charge in [0.1, 0.15) is 0 Å². The van der Waals surface area contributed by atoms with E-state index in [1.54, 1.807) is 0 Å². The fourth-order valence-electron chi connectivity index (χ4n) is 4.42. The van der Waals surface area contributed by atoms with Gasteiger partial charge in [0.05, 0.1) is 225 Å². The smallest absolute Gasteiger partial charge is 0.0701 e. The van der Waals surface area contributed by atoms with Gasteiger partial charge in [-0.1, -0.05) is 13.8 Å². The van der Waals surface area contributed by atoms with Crippen LogP contribution in [0.2, 0.25) is 0 Å². The summed E-state index contributed by atoms with van der Waals surface area (Å²) in [6.45, 7) is 20.6. The third-order valence-corrected chi connectivity index (χ3v) is 9.29. The molecule has 2 atom stereocenters. The SMILES string of the molecule is CCC(COCCOCCOCCOCCOCCOCCOCCOCCO)SC(CC)COCCOCCOCCOCCOCCOCCOCCOCCO. The Hall–Kier alpha value is -0.370. The van der Waals surface area contributed by atoms with E-state index in [1.807, 2.05) is 11.8 Å². The standard InChI is InChI=1S/C40H82O18S/c1-3-39(37-57-35-33-55-31-29-53-27-25-51-23-21-49-19-17-47-15-13-45-11-9-43-7-5-41)59-40(4-2)38-58-36-34-56-32-30-54-28-26-52-24-22-50-20-18-48-16-14-46-12-10-44-8-6-42/h39-42H,3-38H2,1-2H3. The van der Waals surface area contributed by atoms with Crippen LogP contribution in [0.5, 0.6) is 0 Å². The number of aliphatic hydroxyl groups is 2. The number of hydrogen-bond acceptors (Lipinski definition) is 19. The first-order valence-electron chi connectivity index (χ1n) is 21.4. The lowest BCUT2D eigenvalue weighted by Gasteiger charge is -2.21. The van der Waals surface area contributed by atoms with Crippen molar-refractivity contribution < 1.29 is 86.0 Å². The zero-order valence-electron chi connectivity index (χ0n) is 36.4. The Morgan fingerprint density at radius 2 is 0.407 bits per heavy atom. The second kappa shape index (κ2) is 53.8. The molecule has 0 aromatic heterocycles. The highest BCUT2D eigenvalue weighted by Gasteiger charge is 2.15. The first-order chi connectivity index (χ1) is 29.3. The molecule has 2 N–H and O–H groups in total. The Morgan fingerprint density at radius 1 is 0.254 bits per heavy atom. The fourth-order valence-corrected chi connectivity index (χ4v) is 5.70. The zero-order valence-corrected chi connectivity index (χ0v) is 37.3. The monoisotopic (exact) mass is 883 g/mol. The van der Waals surface area contributed by atoms with E-state index in [2.05, 4.69) is 13.8 Å². The van der Waals surface area contributed by atoms with Gasteiger partial charge in [0.25, 0.3) is 0 Å². The van der Waals surface area contributed by atoms with Crippen molar-refractivity contribution in [1.82, 2.24) is 0 Å². The van der Waals surface area contributed by atoms with Crippen molar-refractivity contribution in [1.29, 1.82) is 0 Å². The molecule has 59 heavy (non-hydrogen) atoms. The van der Waals surface area contributed by atoms with Crippen LogP contribution in [-0.2, 0) is 75.8 Å². The van der Waals surface area contributed by atoms with Crippen molar-refractivity contribution >= 4 is 11.8 Å². The Bertz CT molecular complexity index is 695. The summed E-state index contributed by atoms with van der Waals surface area (Å²) in [5.41, 5.74) is 0. The Labute approximate surface area is 359 Å². The fraction of sp³-hybridized carbons (Fsp3) is 1.00. The van der Waals surface area contributed by atoms with Crippen LogP contribution in [0.1, 0.15) is 26.7 Å². The van der Waals surface area contributed by atoms with E-state index in [9.17, 15) is 0 Å². The van der Waals surface area contributed by atoms with Gasteiger partial charge < -0.3 is 86.0 Å². The molecular weight excluding hydrogens is 800 g/mol. The number of aliphatic hydroxyl groups excluding tert-OH is 2. The van der Waals surface area contributed by atoms with Crippen LogP contribution in [-0.4, -0.2) is 245 Å². The van der Waals surface area contributed by atoms with Crippen molar-refractivity contribution in [2.45, 2.75) is 37.2 Å². The minimum absolute atomic E-state index is 0.0222. The lowest BCUT2D eigenvalue weighted by atomic mass is 10.3. The van der Waals surface area contributed by atoms with Crippen LogP contribution in [0.15, 0.2) is 0 Å². The molecule has 0 aliphatic heterocycles. The highest BCUT2D eigenvalue weighted by molar-refractivity contribution is 8.00. The van der Waals surface area contributed by atoms with E-state index in [-0.39, 0.29) is 13.2 Å². The van der Waals surface area contributed by atoms with E-state index < -0.39 is 0 Å². The largest absolute Gasteiger partial charge is 0.394 e. The lowest BCUT2D eigenvalue weighted by Crippen LogP contribution is -2.21. The van der Waals surface area contributed by atoms with Crippen molar-refractivity contribution in [2.24, 2.45) is 0 Å². The molecule has 0 bridgehead atoms. The van der Waals surface area contributed by atoms with Crippen LogP contribution < -0.4 is 0 Å². The maximum Gasteiger partial charge on any atom is 0.0701 e. The third-order valence-electron chi connectivity index (χ3n) is 7.58. The molecular formula is C40H82O18S. The first kappa shape index (κ1) is 58.6. The molecule has 0 spiro atoms. The molecule has 0 aromatic carbocycles. The third kappa shape index (κ3) is 50.2. The topological polar surface area (TPSA) is 188 Å². The van der Waals surface area contributed by atoms with E-state index in [4.69, 9.17) is 86.0 Å². The van der Waals surface area contributed by atoms with Gasteiger partial charge in [0.15, 0.2) is 0 Å². The quantitative estimate of drug-likeness (QED) is 0.0837.